The highest BCUT2D eigenvalue weighted by Gasteiger charge is 2.21. The minimum absolute atomic E-state index is 0.00873. The summed E-state index contributed by atoms with van der Waals surface area (Å²) in [5, 5.41) is 10.1. The number of hydrogen-bond donors (Lipinski definition) is 1. The number of anilines is 1. The molecule has 0 fully saturated rings. The number of unbranched alkanes of at least 4 members (excludes halogenated alkanes) is 1. The number of rotatable bonds is 11. The highest BCUT2D eigenvalue weighted by molar-refractivity contribution is 6.17. The molecule has 2 rings (SSSR count). The molecule has 1 N–H and O–H groups in total. The number of benzene rings is 2. The summed E-state index contributed by atoms with van der Waals surface area (Å²) in [4.78, 5) is 14.7. The van der Waals surface area contributed by atoms with E-state index in [1.54, 1.807) is 35.2 Å². The molecule has 0 saturated heterocycles. The fourth-order valence-electron chi connectivity index (χ4n) is 3.07. The number of aromatic hydroxyl groups is 1. The summed E-state index contributed by atoms with van der Waals surface area (Å²) < 4.78 is 21.3. The van der Waals surface area contributed by atoms with Crippen LogP contribution in [0.5, 0.6) is 28.7 Å². The molecule has 0 aliphatic heterocycles. The second-order valence-corrected chi connectivity index (χ2v) is 6.89. The summed E-state index contributed by atoms with van der Waals surface area (Å²) in [7, 11) is 6.05. The van der Waals surface area contributed by atoms with Crippen molar-refractivity contribution >= 4 is 23.2 Å². The first-order valence-electron chi connectivity index (χ1n) is 9.51. The molecule has 30 heavy (non-hydrogen) atoms. The number of amides is 1. The van der Waals surface area contributed by atoms with Crippen molar-refractivity contribution in [1.29, 1.82) is 0 Å². The van der Waals surface area contributed by atoms with E-state index in [0.29, 0.717) is 47.4 Å². The highest BCUT2D eigenvalue weighted by Crippen LogP contribution is 2.41. The van der Waals surface area contributed by atoms with Gasteiger partial charge < -0.3 is 29.0 Å². The molecule has 0 aliphatic carbocycles. The van der Waals surface area contributed by atoms with E-state index in [1.807, 2.05) is 0 Å². The molecule has 0 aliphatic rings. The van der Waals surface area contributed by atoms with Crippen molar-refractivity contribution < 1.29 is 28.8 Å². The topological polar surface area (TPSA) is 77.5 Å². The van der Waals surface area contributed by atoms with Crippen LogP contribution in [0.25, 0.3) is 0 Å². The lowest BCUT2D eigenvalue weighted by molar-refractivity contribution is -0.118. The lowest BCUT2D eigenvalue weighted by Crippen LogP contribution is -2.30. The van der Waals surface area contributed by atoms with Gasteiger partial charge in [-0.2, -0.15) is 0 Å². The number of phenolic OH excluding ortho intramolecular Hbond substituents is 1. The first-order chi connectivity index (χ1) is 14.5. The average Bonchev–Trinajstić information content (AvgIpc) is 2.76. The summed E-state index contributed by atoms with van der Waals surface area (Å²) in [5.74, 6) is 2.14. The Morgan fingerprint density at radius 3 is 2.07 bits per heavy atom. The van der Waals surface area contributed by atoms with Crippen LogP contribution in [0.1, 0.15) is 24.8 Å². The van der Waals surface area contributed by atoms with Crippen molar-refractivity contribution in [2.24, 2.45) is 0 Å². The summed E-state index contributed by atoms with van der Waals surface area (Å²) in [6, 6.07) is 8.50. The molecule has 0 aromatic heterocycles. The Labute approximate surface area is 182 Å². The number of ether oxygens (including phenoxy) is 4. The molecule has 0 heterocycles. The average molecular weight is 438 g/mol. The van der Waals surface area contributed by atoms with Gasteiger partial charge in [0.25, 0.3) is 0 Å². The van der Waals surface area contributed by atoms with E-state index in [4.69, 9.17) is 30.5 Å². The maximum absolute atomic E-state index is 13.1. The minimum Gasteiger partial charge on any atom is -0.504 e. The van der Waals surface area contributed by atoms with Crippen LogP contribution in [0.15, 0.2) is 30.3 Å². The molecule has 0 saturated carbocycles. The predicted molar refractivity (Wildman–Crippen MR) is 117 cm³/mol. The van der Waals surface area contributed by atoms with Gasteiger partial charge in [-0.25, -0.2) is 0 Å². The highest BCUT2D eigenvalue weighted by atomic mass is 35.5. The molecule has 2 aromatic carbocycles. The second-order valence-electron chi connectivity index (χ2n) is 6.52. The molecule has 0 bridgehead atoms. The van der Waals surface area contributed by atoms with Crippen LogP contribution in [0.3, 0.4) is 0 Å². The largest absolute Gasteiger partial charge is 0.504 e. The normalized spacial score (nSPS) is 10.4. The summed E-state index contributed by atoms with van der Waals surface area (Å²) in [6.07, 6.45) is 1.77. The number of halogens is 1. The van der Waals surface area contributed by atoms with Crippen LogP contribution >= 0.6 is 11.6 Å². The SMILES string of the molecule is COc1ccc(CN(C(=O)CCCCCl)c2cc(OC)c(OC)c(OC)c2)cc1O. The van der Waals surface area contributed by atoms with Gasteiger partial charge in [0.05, 0.1) is 40.7 Å². The van der Waals surface area contributed by atoms with Crippen LogP contribution in [-0.2, 0) is 11.3 Å². The Bertz CT molecular complexity index is 833. The van der Waals surface area contributed by atoms with Crippen molar-refractivity contribution in [2.45, 2.75) is 25.8 Å². The fourth-order valence-corrected chi connectivity index (χ4v) is 3.26. The van der Waals surface area contributed by atoms with Crippen molar-refractivity contribution in [3.8, 4) is 28.7 Å². The van der Waals surface area contributed by atoms with E-state index in [-0.39, 0.29) is 18.2 Å². The van der Waals surface area contributed by atoms with Gasteiger partial charge in [-0.3, -0.25) is 4.79 Å². The molecule has 0 unspecified atom stereocenters. The van der Waals surface area contributed by atoms with Gasteiger partial charge in [-0.1, -0.05) is 6.07 Å². The number of methoxy groups -OCH3 is 4. The van der Waals surface area contributed by atoms with E-state index in [9.17, 15) is 9.90 Å². The molecule has 0 radical (unpaired) electrons. The molecule has 7 nitrogen and oxygen atoms in total. The third-order valence-corrected chi connectivity index (χ3v) is 4.89. The Morgan fingerprint density at radius 1 is 0.933 bits per heavy atom. The van der Waals surface area contributed by atoms with E-state index in [0.717, 1.165) is 12.0 Å². The lowest BCUT2D eigenvalue weighted by atomic mass is 10.1. The molecular weight excluding hydrogens is 410 g/mol. The lowest BCUT2D eigenvalue weighted by Gasteiger charge is -2.25. The van der Waals surface area contributed by atoms with Crippen molar-refractivity contribution in [2.75, 3.05) is 39.2 Å². The first kappa shape index (κ1) is 23.5. The Morgan fingerprint density at radius 2 is 1.57 bits per heavy atom. The van der Waals surface area contributed by atoms with Crippen LogP contribution < -0.4 is 23.8 Å². The third kappa shape index (κ3) is 5.63. The minimum atomic E-state index is -0.0790. The zero-order chi connectivity index (χ0) is 22.1. The zero-order valence-corrected chi connectivity index (χ0v) is 18.5. The van der Waals surface area contributed by atoms with Crippen LogP contribution in [0.4, 0.5) is 5.69 Å². The predicted octanol–water partition coefficient (Wildman–Crippen LogP) is 4.37. The Kier molecular flexibility index (Phi) is 8.92. The van der Waals surface area contributed by atoms with E-state index < -0.39 is 0 Å². The summed E-state index contributed by atoms with van der Waals surface area (Å²) >= 11 is 5.76. The van der Waals surface area contributed by atoms with Crippen LogP contribution in [0.2, 0.25) is 0 Å². The smallest absolute Gasteiger partial charge is 0.227 e. The molecule has 164 valence electrons. The van der Waals surface area contributed by atoms with Gasteiger partial charge in [-0.15, -0.1) is 11.6 Å². The first-order valence-corrected chi connectivity index (χ1v) is 10.0. The van der Waals surface area contributed by atoms with Gasteiger partial charge in [0.1, 0.15) is 0 Å². The van der Waals surface area contributed by atoms with Crippen molar-refractivity contribution in [3.05, 3.63) is 35.9 Å². The van der Waals surface area contributed by atoms with E-state index in [1.165, 1.54) is 28.4 Å². The monoisotopic (exact) mass is 437 g/mol. The number of alkyl halides is 1. The molecule has 1 amide bonds. The maximum atomic E-state index is 13.1. The van der Waals surface area contributed by atoms with Crippen LogP contribution in [0, 0.1) is 0 Å². The maximum Gasteiger partial charge on any atom is 0.227 e. The quantitative estimate of drug-likeness (QED) is 0.415. The second kappa shape index (κ2) is 11.4. The number of hydrogen-bond acceptors (Lipinski definition) is 6. The summed E-state index contributed by atoms with van der Waals surface area (Å²) in [6.45, 7) is 0.246. The Balaban J connectivity index is 2.45. The zero-order valence-electron chi connectivity index (χ0n) is 17.7. The van der Waals surface area contributed by atoms with Gasteiger partial charge in [0, 0.05) is 24.4 Å². The fraction of sp³-hybridized carbons (Fsp3) is 0.409. The molecule has 0 spiro atoms. The third-order valence-electron chi connectivity index (χ3n) is 4.62. The van der Waals surface area contributed by atoms with Gasteiger partial charge in [0.15, 0.2) is 23.0 Å². The Hall–Kier alpha value is -2.80. The molecule has 2 aromatic rings. The molecule has 0 atom stereocenters. The van der Waals surface area contributed by atoms with E-state index >= 15 is 0 Å². The number of carbonyl (C=O) groups excluding carboxylic acids is 1. The molecule has 8 heteroatoms. The molecular formula is C22H28ClNO6. The van der Waals surface area contributed by atoms with Crippen LogP contribution in [-0.4, -0.2) is 45.3 Å². The van der Waals surface area contributed by atoms with Gasteiger partial charge in [0.2, 0.25) is 11.7 Å². The number of nitrogens with zero attached hydrogens (tertiary/aromatic N) is 1. The number of phenols is 1. The van der Waals surface area contributed by atoms with E-state index in [2.05, 4.69) is 0 Å². The van der Waals surface area contributed by atoms with Crippen molar-refractivity contribution in [3.63, 3.8) is 0 Å². The number of carbonyl (C=O) groups is 1. The van der Waals surface area contributed by atoms with Gasteiger partial charge >= 0.3 is 0 Å². The van der Waals surface area contributed by atoms with Crippen molar-refractivity contribution in [1.82, 2.24) is 0 Å². The standard InChI is InChI=1S/C22H28ClNO6/c1-27-18-9-8-15(11-17(18)25)14-24(21(26)7-5-6-10-23)16-12-19(28-2)22(30-4)20(13-16)29-3/h8-9,11-13,25H,5-7,10,14H2,1-4H3. The summed E-state index contributed by atoms with van der Waals surface area (Å²) in [5.41, 5.74) is 1.34. The van der Waals surface area contributed by atoms with Gasteiger partial charge in [-0.05, 0) is 30.5 Å².